The lowest BCUT2D eigenvalue weighted by molar-refractivity contribution is 0.0735. The van der Waals surface area contributed by atoms with Crippen molar-refractivity contribution in [2.75, 3.05) is 6.54 Å². The van der Waals surface area contributed by atoms with Crippen molar-refractivity contribution in [3.8, 4) is 0 Å². The second-order valence-electron chi connectivity index (χ2n) is 5.61. The second-order valence-corrected chi connectivity index (χ2v) is 6.46. The van der Waals surface area contributed by atoms with Gasteiger partial charge in [-0.05, 0) is 59.0 Å². The van der Waals surface area contributed by atoms with E-state index in [9.17, 15) is 9.18 Å². The van der Waals surface area contributed by atoms with Crippen LogP contribution < -0.4 is 0 Å². The highest BCUT2D eigenvalue weighted by atomic mass is 79.9. The summed E-state index contributed by atoms with van der Waals surface area (Å²) in [5.41, 5.74) is 1.63. The Morgan fingerprint density at radius 1 is 1.23 bits per heavy atom. The number of hydrogen-bond donors (Lipinski definition) is 0. The van der Waals surface area contributed by atoms with Gasteiger partial charge in [-0.15, -0.1) is 0 Å². The molecule has 1 unspecified atom stereocenters. The molecule has 1 heterocycles. The molecule has 0 aromatic heterocycles. The van der Waals surface area contributed by atoms with E-state index in [1.165, 1.54) is 17.7 Å². The number of nitrogens with zero attached hydrogens (tertiary/aromatic N) is 1. The third kappa shape index (κ3) is 3.22. The average molecular weight is 362 g/mol. The fraction of sp³-hybridized carbons (Fsp3) is 0.278. The minimum Gasteiger partial charge on any atom is -0.335 e. The maximum Gasteiger partial charge on any atom is 0.255 e. The Bertz CT molecular complexity index is 674. The molecular formula is C18H17BrFNO. The third-order valence-electron chi connectivity index (χ3n) is 4.11. The summed E-state index contributed by atoms with van der Waals surface area (Å²) in [5.74, 6) is -0.477. The molecule has 0 radical (unpaired) electrons. The highest BCUT2D eigenvalue weighted by Crippen LogP contribution is 2.26. The molecule has 1 aliphatic heterocycles. The first kappa shape index (κ1) is 15.2. The predicted molar refractivity (Wildman–Crippen MR) is 88.3 cm³/mol. The Labute approximate surface area is 138 Å². The standard InChI is InChI=1S/C18H17BrFNO/c19-17-9-8-14(20)12-16(17)18(22)21-10-4-7-15(21)11-13-5-2-1-3-6-13/h1-3,5-6,8-9,12,15H,4,7,10-11H2. The van der Waals surface area contributed by atoms with E-state index in [0.717, 1.165) is 25.8 Å². The Morgan fingerprint density at radius 3 is 2.77 bits per heavy atom. The van der Waals surface area contributed by atoms with Crippen LogP contribution >= 0.6 is 15.9 Å². The quantitative estimate of drug-likeness (QED) is 0.791. The molecule has 114 valence electrons. The summed E-state index contributed by atoms with van der Waals surface area (Å²) >= 11 is 3.35. The van der Waals surface area contributed by atoms with Gasteiger partial charge >= 0.3 is 0 Å². The number of hydrogen-bond acceptors (Lipinski definition) is 1. The fourth-order valence-electron chi connectivity index (χ4n) is 3.02. The molecule has 2 aromatic rings. The molecule has 0 bridgehead atoms. The number of benzene rings is 2. The first-order chi connectivity index (χ1) is 10.6. The molecule has 2 nitrogen and oxygen atoms in total. The van der Waals surface area contributed by atoms with Crippen molar-refractivity contribution < 1.29 is 9.18 Å². The topological polar surface area (TPSA) is 20.3 Å². The minimum absolute atomic E-state index is 0.0928. The Kier molecular flexibility index (Phi) is 4.57. The van der Waals surface area contributed by atoms with Gasteiger partial charge in [0.15, 0.2) is 0 Å². The zero-order chi connectivity index (χ0) is 15.5. The van der Waals surface area contributed by atoms with Gasteiger partial charge in [0.05, 0.1) is 5.56 Å². The van der Waals surface area contributed by atoms with Crippen molar-refractivity contribution in [3.63, 3.8) is 0 Å². The van der Waals surface area contributed by atoms with Gasteiger partial charge in [-0.3, -0.25) is 4.79 Å². The molecule has 0 aliphatic carbocycles. The zero-order valence-corrected chi connectivity index (χ0v) is 13.7. The Balaban J connectivity index is 1.80. The van der Waals surface area contributed by atoms with Gasteiger partial charge in [0, 0.05) is 17.1 Å². The largest absolute Gasteiger partial charge is 0.335 e. The number of likely N-dealkylation sites (tertiary alicyclic amines) is 1. The Hall–Kier alpha value is -1.68. The minimum atomic E-state index is -0.384. The van der Waals surface area contributed by atoms with Crippen molar-refractivity contribution in [2.24, 2.45) is 0 Å². The van der Waals surface area contributed by atoms with Gasteiger partial charge in [0.2, 0.25) is 0 Å². The molecule has 22 heavy (non-hydrogen) atoms. The molecule has 1 amide bonds. The van der Waals surface area contributed by atoms with Gasteiger partial charge in [-0.25, -0.2) is 4.39 Å². The number of rotatable bonds is 3. The SMILES string of the molecule is O=C(c1cc(F)ccc1Br)N1CCCC1Cc1ccccc1. The summed E-state index contributed by atoms with van der Waals surface area (Å²) in [6.07, 6.45) is 2.84. The maximum atomic E-state index is 13.4. The third-order valence-corrected chi connectivity index (χ3v) is 4.80. The monoisotopic (exact) mass is 361 g/mol. The summed E-state index contributed by atoms with van der Waals surface area (Å²) < 4.78 is 14.1. The zero-order valence-electron chi connectivity index (χ0n) is 12.1. The van der Waals surface area contributed by atoms with E-state index in [1.54, 1.807) is 6.07 Å². The molecule has 0 N–H and O–H groups in total. The number of carbonyl (C=O) groups excluding carboxylic acids is 1. The van der Waals surface area contributed by atoms with Crippen LogP contribution in [-0.2, 0) is 6.42 Å². The lowest BCUT2D eigenvalue weighted by Gasteiger charge is -2.25. The lowest BCUT2D eigenvalue weighted by atomic mass is 10.0. The van der Waals surface area contributed by atoms with Gasteiger partial charge in [-0.2, -0.15) is 0 Å². The Morgan fingerprint density at radius 2 is 2.00 bits per heavy atom. The number of halogens is 2. The van der Waals surface area contributed by atoms with Crippen molar-refractivity contribution >= 4 is 21.8 Å². The number of amides is 1. The molecule has 4 heteroatoms. The second kappa shape index (κ2) is 6.61. The molecular weight excluding hydrogens is 345 g/mol. The van der Waals surface area contributed by atoms with Gasteiger partial charge < -0.3 is 4.90 Å². The van der Waals surface area contributed by atoms with Crippen molar-refractivity contribution in [1.29, 1.82) is 0 Å². The predicted octanol–water partition coefficient (Wildman–Crippen LogP) is 4.44. The molecule has 3 rings (SSSR count). The highest BCUT2D eigenvalue weighted by Gasteiger charge is 2.30. The maximum absolute atomic E-state index is 13.4. The fourth-order valence-corrected chi connectivity index (χ4v) is 3.43. The summed E-state index contributed by atoms with van der Waals surface area (Å²) in [7, 11) is 0. The van der Waals surface area contributed by atoms with Crippen LogP contribution in [0.4, 0.5) is 4.39 Å². The summed E-state index contributed by atoms with van der Waals surface area (Å²) in [5, 5.41) is 0. The van der Waals surface area contributed by atoms with E-state index in [4.69, 9.17) is 0 Å². The van der Waals surface area contributed by atoms with E-state index >= 15 is 0 Å². The van der Waals surface area contributed by atoms with Crippen molar-refractivity contribution in [3.05, 3.63) is 69.9 Å². The van der Waals surface area contributed by atoms with Crippen LogP contribution in [-0.4, -0.2) is 23.4 Å². The van der Waals surface area contributed by atoms with Crippen LogP contribution in [0.15, 0.2) is 53.0 Å². The average Bonchev–Trinajstić information content (AvgIpc) is 2.98. The van der Waals surface area contributed by atoms with Crippen LogP contribution in [0.25, 0.3) is 0 Å². The molecule has 2 aromatic carbocycles. The molecule has 1 saturated heterocycles. The molecule has 1 aliphatic rings. The normalized spacial score (nSPS) is 17.7. The highest BCUT2D eigenvalue weighted by molar-refractivity contribution is 9.10. The van der Waals surface area contributed by atoms with Crippen LogP contribution in [0.1, 0.15) is 28.8 Å². The first-order valence-corrected chi connectivity index (χ1v) is 8.24. The summed E-state index contributed by atoms with van der Waals surface area (Å²) in [4.78, 5) is 14.6. The van der Waals surface area contributed by atoms with Crippen molar-refractivity contribution in [2.45, 2.75) is 25.3 Å². The first-order valence-electron chi connectivity index (χ1n) is 7.45. The molecule has 1 fully saturated rings. The van der Waals surface area contributed by atoms with E-state index in [-0.39, 0.29) is 17.8 Å². The lowest BCUT2D eigenvalue weighted by Crippen LogP contribution is -2.37. The van der Waals surface area contributed by atoms with Crippen molar-refractivity contribution in [1.82, 2.24) is 4.90 Å². The summed E-state index contributed by atoms with van der Waals surface area (Å²) in [6, 6.07) is 14.6. The smallest absolute Gasteiger partial charge is 0.255 e. The van der Waals surface area contributed by atoms with Crippen LogP contribution in [0.2, 0.25) is 0 Å². The van der Waals surface area contributed by atoms with Gasteiger partial charge in [0.1, 0.15) is 5.82 Å². The van der Waals surface area contributed by atoms with Crippen LogP contribution in [0, 0.1) is 5.82 Å². The summed E-state index contributed by atoms with van der Waals surface area (Å²) in [6.45, 7) is 0.735. The molecule has 0 saturated carbocycles. The van der Waals surface area contributed by atoms with E-state index < -0.39 is 0 Å². The van der Waals surface area contributed by atoms with Gasteiger partial charge in [0.25, 0.3) is 5.91 Å². The van der Waals surface area contributed by atoms with Crippen LogP contribution in [0.3, 0.4) is 0 Å². The van der Waals surface area contributed by atoms with E-state index in [2.05, 4.69) is 28.1 Å². The van der Waals surface area contributed by atoms with Gasteiger partial charge in [-0.1, -0.05) is 30.3 Å². The number of carbonyl (C=O) groups is 1. The van der Waals surface area contributed by atoms with E-state index in [0.29, 0.717) is 10.0 Å². The van der Waals surface area contributed by atoms with E-state index in [1.807, 2.05) is 23.1 Å². The van der Waals surface area contributed by atoms with Crippen LogP contribution in [0.5, 0.6) is 0 Å². The molecule has 1 atom stereocenters. The molecule has 0 spiro atoms.